The number of aryl methyl sites for hydroxylation is 2. The van der Waals surface area contributed by atoms with Gasteiger partial charge in [-0.05, 0) is 63.6 Å². The van der Waals surface area contributed by atoms with Gasteiger partial charge in [0, 0.05) is 43.8 Å². The summed E-state index contributed by atoms with van der Waals surface area (Å²) in [6, 6.07) is 46.9. The van der Waals surface area contributed by atoms with Gasteiger partial charge in [0.1, 0.15) is 7.05 Å². The summed E-state index contributed by atoms with van der Waals surface area (Å²) in [5.74, 6) is 0. The van der Waals surface area contributed by atoms with Gasteiger partial charge in [-0.15, -0.1) is 11.3 Å². The first-order valence-corrected chi connectivity index (χ1v) is 14.9. The molecule has 1 aliphatic carbocycles. The van der Waals surface area contributed by atoms with Crippen molar-refractivity contribution < 1.29 is 4.57 Å². The van der Waals surface area contributed by atoms with Gasteiger partial charge in [-0.25, -0.2) is 4.57 Å². The first-order chi connectivity index (χ1) is 20.2. The summed E-state index contributed by atoms with van der Waals surface area (Å²) in [7, 11) is 2.13. The maximum Gasteiger partial charge on any atom is 0.213 e. The first-order valence-electron chi connectivity index (χ1n) is 14.1. The monoisotopic (exact) mass is 542 g/mol. The Balaban J connectivity index is 1.37. The number of pyridine rings is 1. The fourth-order valence-corrected chi connectivity index (χ4v) is 7.71. The van der Waals surface area contributed by atoms with Crippen molar-refractivity contribution >= 4 is 21.4 Å². The zero-order chi connectivity index (χ0) is 27.5. The fraction of sp³-hybridized carbons (Fsp3) is 0.0513. The van der Waals surface area contributed by atoms with E-state index in [0.29, 0.717) is 0 Å². The van der Waals surface area contributed by atoms with Crippen molar-refractivity contribution in [2.24, 2.45) is 7.05 Å². The van der Waals surface area contributed by atoms with E-state index in [2.05, 4.69) is 152 Å². The molecule has 0 amide bonds. The van der Waals surface area contributed by atoms with E-state index >= 15 is 0 Å². The lowest BCUT2D eigenvalue weighted by Gasteiger charge is -2.21. The van der Waals surface area contributed by atoms with E-state index in [1.807, 2.05) is 11.3 Å². The molecule has 194 valence electrons. The van der Waals surface area contributed by atoms with Crippen LogP contribution in [0.5, 0.6) is 0 Å². The van der Waals surface area contributed by atoms with Gasteiger partial charge >= 0.3 is 0 Å². The minimum absolute atomic E-state index is 1.22. The first kappa shape index (κ1) is 24.0. The lowest BCUT2D eigenvalue weighted by Crippen LogP contribution is -2.30. The number of fused-ring (bicyclic) bond motifs is 10. The van der Waals surface area contributed by atoms with Gasteiger partial charge in [0.2, 0.25) is 5.69 Å². The molecule has 0 atom stereocenters. The molecule has 0 unspecified atom stereocenters. The van der Waals surface area contributed by atoms with Gasteiger partial charge in [0.15, 0.2) is 6.20 Å². The maximum absolute atomic E-state index is 2.39. The highest BCUT2D eigenvalue weighted by atomic mass is 32.1. The molecule has 0 saturated heterocycles. The lowest BCUT2D eigenvalue weighted by molar-refractivity contribution is -0.660. The number of hydrogen-bond donors (Lipinski definition) is 0. The van der Waals surface area contributed by atoms with E-state index in [0.717, 1.165) is 0 Å². The average Bonchev–Trinajstić information content (AvgIpc) is 3.39. The molecule has 7 aromatic rings. The quantitative estimate of drug-likeness (QED) is 0.191. The summed E-state index contributed by atoms with van der Waals surface area (Å²) in [5.41, 5.74) is 15.4. The molecule has 0 saturated carbocycles. The van der Waals surface area contributed by atoms with Crippen LogP contribution < -0.4 is 4.57 Å². The van der Waals surface area contributed by atoms with Gasteiger partial charge in [0.25, 0.3) is 0 Å². The van der Waals surface area contributed by atoms with Crippen LogP contribution >= 0.6 is 11.3 Å². The highest BCUT2D eigenvalue weighted by Crippen LogP contribution is 2.53. The molecule has 2 heterocycles. The van der Waals surface area contributed by atoms with Crippen LogP contribution in [0, 0.1) is 6.92 Å². The van der Waals surface area contributed by atoms with Crippen LogP contribution in [0.2, 0.25) is 0 Å². The third-order valence-corrected chi connectivity index (χ3v) is 9.66. The topological polar surface area (TPSA) is 3.88 Å². The minimum Gasteiger partial charge on any atom is -0.201 e. The van der Waals surface area contributed by atoms with Crippen LogP contribution in [0.1, 0.15) is 5.56 Å². The summed E-state index contributed by atoms with van der Waals surface area (Å²) in [6.07, 6.45) is 2.18. The molecular weight excluding hydrogens is 515 g/mol. The predicted octanol–water partition coefficient (Wildman–Crippen LogP) is 10.3. The second-order valence-electron chi connectivity index (χ2n) is 10.9. The van der Waals surface area contributed by atoms with E-state index in [1.165, 1.54) is 81.9 Å². The zero-order valence-corrected chi connectivity index (χ0v) is 23.9. The van der Waals surface area contributed by atoms with Gasteiger partial charge in [-0.2, -0.15) is 0 Å². The summed E-state index contributed by atoms with van der Waals surface area (Å²) in [4.78, 5) is 1.34. The Bertz CT molecular complexity index is 2130. The van der Waals surface area contributed by atoms with Crippen molar-refractivity contribution in [1.29, 1.82) is 0 Å². The minimum atomic E-state index is 1.22. The number of thiophene rings is 1. The van der Waals surface area contributed by atoms with Crippen molar-refractivity contribution in [2.45, 2.75) is 6.92 Å². The van der Waals surface area contributed by atoms with Crippen LogP contribution in [0.4, 0.5) is 0 Å². The standard InChI is InChI=1S/C39H28NS/c1-25-11-3-4-12-28(25)36-23-27(21-22-40(36)2)26-19-20-35-37(24-26)41-39-34-18-10-8-16-32(34)30-14-6-5-13-29(30)31-15-7-9-17-33(31)38(35)39/h3-24H,1-2H3/q+1. The van der Waals surface area contributed by atoms with E-state index in [9.17, 15) is 0 Å². The third kappa shape index (κ3) is 3.79. The second-order valence-corrected chi connectivity index (χ2v) is 11.9. The van der Waals surface area contributed by atoms with Crippen molar-refractivity contribution in [3.05, 3.63) is 139 Å². The molecular formula is C39H28NS+. The zero-order valence-electron chi connectivity index (χ0n) is 23.1. The van der Waals surface area contributed by atoms with E-state index in [4.69, 9.17) is 0 Å². The Morgan fingerprint density at radius 1 is 0.512 bits per heavy atom. The van der Waals surface area contributed by atoms with Crippen molar-refractivity contribution in [1.82, 2.24) is 0 Å². The number of hydrogen-bond acceptors (Lipinski definition) is 1. The third-order valence-electron chi connectivity index (χ3n) is 8.47. The van der Waals surface area contributed by atoms with Crippen LogP contribution in [-0.2, 0) is 7.05 Å². The molecule has 0 aliphatic heterocycles. The molecule has 5 aromatic carbocycles. The van der Waals surface area contributed by atoms with Crippen LogP contribution in [0.3, 0.4) is 0 Å². The average molecular weight is 543 g/mol. The lowest BCUT2D eigenvalue weighted by atomic mass is 9.83. The molecule has 0 radical (unpaired) electrons. The second kappa shape index (κ2) is 9.40. The van der Waals surface area contributed by atoms with Gasteiger partial charge in [-0.3, -0.25) is 0 Å². The number of nitrogens with zero attached hydrogens (tertiary/aromatic N) is 1. The van der Waals surface area contributed by atoms with Crippen LogP contribution in [-0.4, -0.2) is 0 Å². The molecule has 0 fully saturated rings. The molecule has 8 rings (SSSR count). The normalized spacial score (nSPS) is 11.7. The largest absolute Gasteiger partial charge is 0.213 e. The fourth-order valence-electron chi connectivity index (χ4n) is 6.42. The molecule has 2 heteroatoms. The molecule has 0 bridgehead atoms. The molecule has 1 nitrogen and oxygen atoms in total. The van der Waals surface area contributed by atoms with Crippen LogP contribution in [0.25, 0.3) is 76.3 Å². The van der Waals surface area contributed by atoms with Crippen molar-refractivity contribution in [2.75, 3.05) is 0 Å². The highest BCUT2D eigenvalue weighted by Gasteiger charge is 2.25. The van der Waals surface area contributed by atoms with E-state index in [1.54, 1.807) is 0 Å². The van der Waals surface area contributed by atoms with Gasteiger partial charge < -0.3 is 0 Å². The number of rotatable bonds is 2. The summed E-state index contributed by atoms with van der Waals surface area (Å²) in [5, 5.41) is 1.32. The summed E-state index contributed by atoms with van der Waals surface area (Å²) >= 11 is 1.91. The van der Waals surface area contributed by atoms with Crippen molar-refractivity contribution in [3.63, 3.8) is 0 Å². The van der Waals surface area contributed by atoms with E-state index < -0.39 is 0 Å². The molecule has 0 spiro atoms. The smallest absolute Gasteiger partial charge is 0.201 e. The Kier molecular flexibility index (Phi) is 5.51. The van der Waals surface area contributed by atoms with Crippen LogP contribution in [0.15, 0.2) is 134 Å². The maximum atomic E-state index is 2.39. The Labute approximate surface area is 244 Å². The predicted molar refractivity (Wildman–Crippen MR) is 174 cm³/mol. The highest BCUT2D eigenvalue weighted by molar-refractivity contribution is 7.23. The number of benzene rings is 5. The SMILES string of the molecule is Cc1ccccc1-c1cc(-c2ccc3c4c(sc3c2)-c2ccccc2-c2ccccc2-c2ccccc2-4)cc[n+]1C. The van der Waals surface area contributed by atoms with Crippen molar-refractivity contribution in [3.8, 4) is 66.2 Å². The Morgan fingerprint density at radius 2 is 1.05 bits per heavy atom. The molecule has 0 N–H and O–H groups in total. The molecule has 1 aliphatic rings. The van der Waals surface area contributed by atoms with Gasteiger partial charge in [-0.1, -0.05) is 103 Å². The molecule has 41 heavy (non-hydrogen) atoms. The Hall–Kier alpha value is -4.79. The summed E-state index contributed by atoms with van der Waals surface area (Å²) in [6.45, 7) is 2.18. The summed E-state index contributed by atoms with van der Waals surface area (Å²) < 4.78 is 3.53. The molecule has 2 aromatic heterocycles. The van der Waals surface area contributed by atoms with E-state index in [-0.39, 0.29) is 0 Å². The van der Waals surface area contributed by atoms with Gasteiger partial charge in [0.05, 0.1) is 0 Å². The Morgan fingerprint density at radius 3 is 1.73 bits per heavy atom. The number of aromatic nitrogens is 1.